The van der Waals surface area contributed by atoms with Crippen molar-refractivity contribution in [3.63, 3.8) is 0 Å². The van der Waals surface area contributed by atoms with Crippen molar-refractivity contribution in [1.82, 2.24) is 10.2 Å². The van der Waals surface area contributed by atoms with E-state index in [-0.39, 0.29) is 50.4 Å². The van der Waals surface area contributed by atoms with Gasteiger partial charge < -0.3 is 34.4 Å². The standard InChI is InChI=1S/C39H48ClN3O8/c1-5-7-18-30(45)41-28(24-49-4)34(26-15-9-8-10-16-26)50-38(48)31-29-19-20-39(51-29)32(31)36(46)43(22-11-12-23-44)35(39)37(47)42(21-6-2)33-25(3)14-13-17-27(33)40/h5-6,8-10,13-17,28-29,31-32,34-35,44H,1-2,7,11-12,18-24H2,3-4H3,(H,41,45)/t28-,29+,31-,32-,34-,35+,39-/m0/s1. The lowest BCUT2D eigenvalue weighted by Gasteiger charge is -2.37. The topological polar surface area (TPSA) is 135 Å². The number of methoxy groups -OCH3 is 1. The Labute approximate surface area is 304 Å². The number of amides is 3. The predicted octanol–water partition coefficient (Wildman–Crippen LogP) is 4.70. The highest BCUT2D eigenvalue weighted by atomic mass is 35.5. The summed E-state index contributed by atoms with van der Waals surface area (Å²) in [5.74, 6) is -3.63. The lowest BCUT2D eigenvalue weighted by molar-refractivity contribution is -0.163. The van der Waals surface area contributed by atoms with Crippen molar-refractivity contribution < 1.29 is 38.5 Å². The first-order chi connectivity index (χ1) is 24.6. The molecule has 274 valence electrons. The number of hydrogen-bond acceptors (Lipinski definition) is 8. The van der Waals surface area contributed by atoms with Gasteiger partial charge in [0.05, 0.1) is 41.3 Å². The van der Waals surface area contributed by atoms with Crippen LogP contribution in [0.4, 0.5) is 5.69 Å². The highest BCUT2D eigenvalue weighted by molar-refractivity contribution is 6.34. The van der Waals surface area contributed by atoms with E-state index < -0.39 is 47.7 Å². The lowest BCUT2D eigenvalue weighted by atomic mass is 9.70. The number of aryl methyl sites for hydroxylation is 1. The Morgan fingerprint density at radius 2 is 1.92 bits per heavy atom. The number of fused-ring (bicyclic) bond motifs is 1. The number of anilines is 1. The molecule has 51 heavy (non-hydrogen) atoms. The van der Waals surface area contributed by atoms with Crippen molar-refractivity contribution in [1.29, 1.82) is 0 Å². The molecule has 0 saturated carbocycles. The van der Waals surface area contributed by atoms with Gasteiger partial charge in [-0.2, -0.15) is 0 Å². The third-order valence-corrected chi connectivity index (χ3v) is 10.5. The summed E-state index contributed by atoms with van der Waals surface area (Å²) in [5, 5.41) is 12.9. The lowest BCUT2D eigenvalue weighted by Crippen LogP contribution is -2.56. The molecule has 3 fully saturated rings. The first-order valence-corrected chi connectivity index (χ1v) is 17.9. The van der Waals surface area contributed by atoms with Crippen molar-refractivity contribution in [3.8, 4) is 0 Å². The van der Waals surface area contributed by atoms with Gasteiger partial charge in [-0.05, 0) is 56.2 Å². The molecule has 7 atom stereocenters. The average molecular weight is 722 g/mol. The predicted molar refractivity (Wildman–Crippen MR) is 193 cm³/mol. The van der Waals surface area contributed by atoms with Crippen LogP contribution in [-0.4, -0.2) is 90.9 Å². The molecular formula is C39H48ClN3O8. The smallest absolute Gasteiger partial charge is 0.313 e. The Balaban J connectivity index is 1.51. The average Bonchev–Trinajstić information content (AvgIpc) is 3.76. The number of aliphatic hydroxyl groups is 1. The molecule has 0 unspecified atom stereocenters. The number of nitrogens with zero attached hydrogens (tertiary/aromatic N) is 2. The van der Waals surface area contributed by atoms with Gasteiger partial charge in [0.2, 0.25) is 11.8 Å². The van der Waals surface area contributed by atoms with E-state index in [4.69, 9.17) is 25.8 Å². The van der Waals surface area contributed by atoms with Crippen molar-refractivity contribution in [2.75, 3.05) is 38.3 Å². The molecule has 2 aromatic carbocycles. The highest BCUT2D eigenvalue weighted by Gasteiger charge is 2.75. The first kappa shape index (κ1) is 38.2. The molecule has 3 aliphatic rings. The number of hydrogen-bond donors (Lipinski definition) is 2. The van der Waals surface area contributed by atoms with Crippen LogP contribution in [-0.2, 0) is 33.4 Å². The van der Waals surface area contributed by atoms with Gasteiger partial charge in [-0.3, -0.25) is 19.2 Å². The SMILES string of the molecule is C=CCCC(=O)N[C@@H](COC)[C@@H](OC(=O)[C@@H]1[C@H]2C(=O)N(CCCCO)[C@H](C(=O)N(CC=C)c3c(C)cccc3Cl)[C@]23CC[C@H]1O3)c1ccccc1. The maximum absolute atomic E-state index is 14.9. The maximum Gasteiger partial charge on any atom is 0.313 e. The second-order valence-electron chi connectivity index (χ2n) is 13.4. The van der Waals surface area contributed by atoms with Crippen molar-refractivity contribution >= 4 is 41.0 Å². The number of unbranched alkanes of at least 4 members (excludes halogenated alkanes) is 1. The summed E-state index contributed by atoms with van der Waals surface area (Å²) in [4.78, 5) is 59.8. The highest BCUT2D eigenvalue weighted by Crippen LogP contribution is 2.59. The third kappa shape index (κ3) is 7.62. The summed E-state index contributed by atoms with van der Waals surface area (Å²) in [7, 11) is 1.50. The molecule has 3 aliphatic heterocycles. The molecule has 5 rings (SSSR count). The molecule has 2 aromatic rings. The fourth-order valence-corrected chi connectivity index (χ4v) is 8.32. The van der Waals surface area contributed by atoms with Crippen LogP contribution in [0, 0.1) is 18.8 Å². The van der Waals surface area contributed by atoms with E-state index in [1.165, 1.54) is 16.9 Å². The molecule has 11 nitrogen and oxygen atoms in total. The fraction of sp³-hybridized carbons (Fsp3) is 0.487. The number of halogens is 1. The Morgan fingerprint density at radius 1 is 1.16 bits per heavy atom. The number of nitrogens with one attached hydrogen (secondary N) is 1. The molecule has 1 spiro atoms. The van der Waals surface area contributed by atoms with E-state index in [0.29, 0.717) is 48.4 Å². The zero-order chi connectivity index (χ0) is 36.7. The summed E-state index contributed by atoms with van der Waals surface area (Å²) in [5.41, 5.74) is 0.640. The number of para-hydroxylation sites is 1. The van der Waals surface area contributed by atoms with Gasteiger partial charge in [0.1, 0.15) is 17.7 Å². The van der Waals surface area contributed by atoms with Crippen LogP contribution in [0.15, 0.2) is 73.8 Å². The van der Waals surface area contributed by atoms with Gasteiger partial charge in [0, 0.05) is 33.2 Å². The van der Waals surface area contributed by atoms with Gasteiger partial charge in [0.15, 0.2) is 0 Å². The normalized spacial score (nSPS) is 24.5. The van der Waals surface area contributed by atoms with E-state index in [2.05, 4.69) is 18.5 Å². The number of ether oxygens (including phenoxy) is 3. The summed E-state index contributed by atoms with van der Waals surface area (Å²) >= 11 is 6.67. The zero-order valence-corrected chi connectivity index (χ0v) is 30.1. The minimum Gasteiger partial charge on any atom is -0.455 e. The van der Waals surface area contributed by atoms with E-state index >= 15 is 0 Å². The van der Waals surface area contributed by atoms with Gasteiger partial charge in [-0.25, -0.2) is 0 Å². The minimum absolute atomic E-state index is 0.0549. The molecular weight excluding hydrogens is 674 g/mol. The zero-order valence-electron chi connectivity index (χ0n) is 29.3. The van der Waals surface area contributed by atoms with Crippen molar-refractivity contribution in [2.45, 2.75) is 75.3 Å². The van der Waals surface area contributed by atoms with Crippen LogP contribution in [0.3, 0.4) is 0 Å². The molecule has 0 aliphatic carbocycles. The number of aliphatic hydroxyl groups excluding tert-OH is 1. The van der Waals surface area contributed by atoms with Crippen LogP contribution in [0.2, 0.25) is 5.02 Å². The molecule has 3 amide bonds. The van der Waals surface area contributed by atoms with Crippen LogP contribution in [0.5, 0.6) is 0 Å². The monoisotopic (exact) mass is 721 g/mol. The van der Waals surface area contributed by atoms with Crippen LogP contribution >= 0.6 is 11.6 Å². The van der Waals surface area contributed by atoms with Gasteiger partial charge in [0.25, 0.3) is 5.91 Å². The fourth-order valence-electron chi connectivity index (χ4n) is 7.99. The molecule has 0 aromatic heterocycles. The second-order valence-corrected chi connectivity index (χ2v) is 13.8. The molecule has 12 heteroatoms. The van der Waals surface area contributed by atoms with Crippen molar-refractivity contribution in [3.05, 3.63) is 90.0 Å². The van der Waals surface area contributed by atoms with Crippen LogP contribution in [0.25, 0.3) is 0 Å². The summed E-state index contributed by atoms with van der Waals surface area (Å²) in [6.07, 6.45) is 4.04. The largest absolute Gasteiger partial charge is 0.455 e. The van der Waals surface area contributed by atoms with E-state index in [1.807, 2.05) is 31.2 Å². The number of likely N-dealkylation sites (tertiary alicyclic amines) is 1. The van der Waals surface area contributed by atoms with E-state index in [9.17, 15) is 24.3 Å². The van der Waals surface area contributed by atoms with Crippen LogP contribution < -0.4 is 10.2 Å². The second kappa shape index (κ2) is 17.0. The summed E-state index contributed by atoms with van der Waals surface area (Å²) in [6.45, 7) is 9.72. The number of carbonyl (C=O) groups excluding carboxylic acids is 4. The quantitative estimate of drug-likeness (QED) is 0.129. The van der Waals surface area contributed by atoms with Crippen LogP contribution in [0.1, 0.15) is 55.8 Å². The summed E-state index contributed by atoms with van der Waals surface area (Å²) in [6, 6.07) is 12.6. The van der Waals surface area contributed by atoms with Gasteiger partial charge >= 0.3 is 5.97 Å². The number of benzene rings is 2. The Hall–Kier alpha value is -4.03. The van der Waals surface area contributed by atoms with Crippen molar-refractivity contribution in [2.24, 2.45) is 11.8 Å². The molecule has 3 saturated heterocycles. The van der Waals surface area contributed by atoms with E-state index in [1.54, 1.807) is 36.4 Å². The molecule has 2 bridgehead atoms. The summed E-state index contributed by atoms with van der Waals surface area (Å²) < 4.78 is 18.4. The Morgan fingerprint density at radius 3 is 2.59 bits per heavy atom. The number of carbonyl (C=O) groups is 4. The number of esters is 1. The van der Waals surface area contributed by atoms with Gasteiger partial charge in [-0.15, -0.1) is 13.2 Å². The number of rotatable bonds is 18. The maximum atomic E-state index is 14.9. The first-order valence-electron chi connectivity index (χ1n) is 17.5. The third-order valence-electron chi connectivity index (χ3n) is 10.2. The minimum atomic E-state index is -1.29. The number of allylic oxidation sites excluding steroid dienone is 1. The molecule has 2 N–H and O–H groups in total. The Kier molecular flexibility index (Phi) is 12.7. The molecule has 0 radical (unpaired) electrons. The van der Waals surface area contributed by atoms with E-state index in [0.717, 1.165) is 5.56 Å². The van der Waals surface area contributed by atoms with Gasteiger partial charge in [-0.1, -0.05) is 66.2 Å². The molecule has 3 heterocycles. The Bertz CT molecular complexity index is 1580.